The highest BCUT2D eigenvalue weighted by Crippen LogP contribution is 1.95. The van der Waals surface area contributed by atoms with Crippen LogP contribution < -0.4 is 0 Å². The van der Waals surface area contributed by atoms with Crippen molar-refractivity contribution in [1.29, 1.82) is 0 Å². The summed E-state index contributed by atoms with van der Waals surface area (Å²) in [5, 5.41) is 7.97. The molecular weight excluding hydrogens is 142 g/mol. The SMILES string of the molecule is CCc1nc2cncnn2n1. The molecule has 0 saturated heterocycles. The van der Waals surface area contributed by atoms with Crippen molar-refractivity contribution in [3.63, 3.8) is 0 Å². The van der Waals surface area contributed by atoms with Crippen molar-refractivity contribution in [3.05, 3.63) is 18.3 Å². The minimum atomic E-state index is 0.698. The Labute approximate surface area is 63.1 Å². The van der Waals surface area contributed by atoms with Gasteiger partial charge in [-0.3, -0.25) is 0 Å². The lowest BCUT2D eigenvalue weighted by Gasteiger charge is -1.82. The van der Waals surface area contributed by atoms with E-state index in [0.29, 0.717) is 5.65 Å². The molecule has 0 radical (unpaired) electrons. The molecule has 0 fully saturated rings. The molecule has 0 atom stereocenters. The lowest BCUT2D eigenvalue weighted by atomic mass is 10.5. The molecule has 0 amide bonds. The third-order valence-electron chi connectivity index (χ3n) is 1.39. The van der Waals surface area contributed by atoms with Gasteiger partial charge in [0, 0.05) is 6.42 Å². The molecule has 2 aromatic heterocycles. The molecule has 0 aliphatic carbocycles. The maximum absolute atomic E-state index is 4.16. The molecule has 0 aromatic carbocycles. The van der Waals surface area contributed by atoms with Crippen molar-refractivity contribution in [2.75, 3.05) is 0 Å². The number of hydrogen-bond acceptors (Lipinski definition) is 4. The van der Waals surface area contributed by atoms with Crippen molar-refractivity contribution in [2.45, 2.75) is 13.3 Å². The molecule has 0 aliphatic heterocycles. The van der Waals surface area contributed by atoms with Crippen LogP contribution in [0.5, 0.6) is 0 Å². The van der Waals surface area contributed by atoms with Gasteiger partial charge in [-0.15, -0.1) is 14.8 Å². The van der Waals surface area contributed by atoms with E-state index in [-0.39, 0.29) is 0 Å². The zero-order valence-corrected chi connectivity index (χ0v) is 6.10. The van der Waals surface area contributed by atoms with Crippen LogP contribution in [0.3, 0.4) is 0 Å². The first kappa shape index (κ1) is 6.21. The van der Waals surface area contributed by atoms with Crippen LogP contribution in [-0.2, 0) is 6.42 Å². The van der Waals surface area contributed by atoms with Crippen molar-refractivity contribution in [1.82, 2.24) is 24.8 Å². The summed E-state index contributed by atoms with van der Waals surface area (Å²) in [5.74, 6) is 0.797. The van der Waals surface area contributed by atoms with Gasteiger partial charge in [0.2, 0.25) is 0 Å². The van der Waals surface area contributed by atoms with Gasteiger partial charge in [0.05, 0.1) is 6.20 Å². The first-order valence-electron chi connectivity index (χ1n) is 3.42. The van der Waals surface area contributed by atoms with E-state index in [1.54, 1.807) is 6.20 Å². The number of fused-ring (bicyclic) bond motifs is 1. The molecule has 0 unspecified atom stereocenters. The van der Waals surface area contributed by atoms with Gasteiger partial charge < -0.3 is 0 Å². The molecule has 0 bridgehead atoms. The van der Waals surface area contributed by atoms with Crippen LogP contribution in [0.2, 0.25) is 0 Å². The maximum Gasteiger partial charge on any atom is 0.194 e. The molecule has 0 N–H and O–H groups in total. The minimum Gasteiger partial charge on any atom is -0.239 e. The highest BCUT2D eigenvalue weighted by atomic mass is 15.5. The molecular formula is C6H7N5. The Bertz CT molecular complexity index is 333. The second-order valence-corrected chi connectivity index (χ2v) is 2.14. The van der Waals surface area contributed by atoms with Gasteiger partial charge in [-0.05, 0) is 0 Å². The second-order valence-electron chi connectivity index (χ2n) is 2.14. The highest BCUT2D eigenvalue weighted by molar-refractivity contribution is 5.30. The fraction of sp³-hybridized carbons (Fsp3) is 0.333. The summed E-state index contributed by atoms with van der Waals surface area (Å²) in [6.45, 7) is 2.00. The van der Waals surface area contributed by atoms with Crippen LogP contribution >= 0.6 is 0 Å². The van der Waals surface area contributed by atoms with Crippen LogP contribution in [0.4, 0.5) is 0 Å². The molecule has 2 aromatic rings. The van der Waals surface area contributed by atoms with E-state index < -0.39 is 0 Å². The number of rotatable bonds is 1. The van der Waals surface area contributed by atoms with Crippen LogP contribution in [0.25, 0.3) is 5.65 Å². The first-order chi connectivity index (χ1) is 5.40. The quantitative estimate of drug-likeness (QED) is 0.576. The van der Waals surface area contributed by atoms with Gasteiger partial charge in [0.15, 0.2) is 11.5 Å². The molecule has 11 heavy (non-hydrogen) atoms. The van der Waals surface area contributed by atoms with Gasteiger partial charge >= 0.3 is 0 Å². The topological polar surface area (TPSA) is 56.0 Å². The van der Waals surface area contributed by atoms with Crippen molar-refractivity contribution < 1.29 is 0 Å². The minimum absolute atomic E-state index is 0.698. The largest absolute Gasteiger partial charge is 0.239 e. The average Bonchev–Trinajstić information content (AvgIpc) is 2.46. The monoisotopic (exact) mass is 149 g/mol. The Balaban J connectivity index is 2.69. The summed E-state index contributed by atoms with van der Waals surface area (Å²) in [6, 6.07) is 0. The second kappa shape index (κ2) is 2.26. The Morgan fingerprint density at radius 3 is 3.18 bits per heavy atom. The number of aromatic nitrogens is 5. The van der Waals surface area contributed by atoms with E-state index >= 15 is 0 Å². The molecule has 0 saturated carbocycles. The van der Waals surface area contributed by atoms with Crippen LogP contribution in [-0.4, -0.2) is 24.8 Å². The Morgan fingerprint density at radius 2 is 2.45 bits per heavy atom. The first-order valence-corrected chi connectivity index (χ1v) is 3.42. The van der Waals surface area contributed by atoms with Crippen molar-refractivity contribution in [3.8, 4) is 0 Å². The Hall–Kier alpha value is -1.52. The van der Waals surface area contributed by atoms with E-state index in [2.05, 4.69) is 20.2 Å². The van der Waals surface area contributed by atoms with Gasteiger partial charge in [0.1, 0.15) is 6.33 Å². The summed E-state index contributed by atoms with van der Waals surface area (Å²) in [7, 11) is 0. The lowest BCUT2D eigenvalue weighted by Crippen LogP contribution is -1.93. The number of aryl methyl sites for hydroxylation is 1. The maximum atomic E-state index is 4.16. The predicted molar refractivity (Wildman–Crippen MR) is 38.0 cm³/mol. The molecule has 2 heterocycles. The zero-order chi connectivity index (χ0) is 7.68. The Kier molecular flexibility index (Phi) is 1.28. The summed E-state index contributed by atoms with van der Waals surface area (Å²) in [6.07, 6.45) is 3.91. The van der Waals surface area contributed by atoms with E-state index in [4.69, 9.17) is 0 Å². The van der Waals surface area contributed by atoms with E-state index in [0.717, 1.165) is 12.2 Å². The highest BCUT2D eigenvalue weighted by Gasteiger charge is 1.99. The standard InChI is InChI=1S/C6H7N5/c1-2-5-9-6-3-7-4-8-11(6)10-5/h3-4H,2H2,1H3. The number of hydrogen-bond donors (Lipinski definition) is 0. The number of nitrogens with zero attached hydrogens (tertiary/aromatic N) is 5. The van der Waals surface area contributed by atoms with Crippen molar-refractivity contribution in [2.24, 2.45) is 0 Å². The van der Waals surface area contributed by atoms with Gasteiger partial charge in [0.25, 0.3) is 0 Å². The summed E-state index contributed by atoms with van der Waals surface area (Å²) in [5.41, 5.74) is 0.698. The average molecular weight is 149 g/mol. The normalized spacial score (nSPS) is 10.6. The van der Waals surface area contributed by atoms with Crippen LogP contribution in [0, 0.1) is 0 Å². The summed E-state index contributed by atoms with van der Waals surface area (Å²) < 4.78 is 1.48. The van der Waals surface area contributed by atoms with Crippen molar-refractivity contribution >= 4 is 5.65 Å². The van der Waals surface area contributed by atoms with Gasteiger partial charge in [-0.1, -0.05) is 6.92 Å². The summed E-state index contributed by atoms with van der Waals surface area (Å²) >= 11 is 0. The molecule has 0 aliphatic rings. The lowest BCUT2D eigenvalue weighted by molar-refractivity contribution is 0.759. The third kappa shape index (κ3) is 0.938. The predicted octanol–water partition coefficient (Wildman–Crippen LogP) is 0.0817. The zero-order valence-electron chi connectivity index (χ0n) is 6.10. The van der Waals surface area contributed by atoms with Gasteiger partial charge in [-0.25, -0.2) is 9.97 Å². The Morgan fingerprint density at radius 1 is 1.55 bits per heavy atom. The molecule has 5 nitrogen and oxygen atoms in total. The van der Waals surface area contributed by atoms with E-state index in [1.165, 1.54) is 11.0 Å². The fourth-order valence-corrected chi connectivity index (χ4v) is 0.854. The van der Waals surface area contributed by atoms with Gasteiger partial charge in [-0.2, -0.15) is 0 Å². The third-order valence-corrected chi connectivity index (χ3v) is 1.39. The smallest absolute Gasteiger partial charge is 0.194 e. The van der Waals surface area contributed by atoms with E-state index in [9.17, 15) is 0 Å². The molecule has 2 rings (SSSR count). The molecule has 0 spiro atoms. The fourth-order valence-electron chi connectivity index (χ4n) is 0.854. The van der Waals surface area contributed by atoms with E-state index in [1.807, 2.05) is 6.92 Å². The van der Waals surface area contributed by atoms with Crippen LogP contribution in [0.15, 0.2) is 12.5 Å². The molecule has 56 valence electrons. The summed E-state index contributed by atoms with van der Waals surface area (Å²) in [4.78, 5) is 7.98. The van der Waals surface area contributed by atoms with Crippen LogP contribution in [0.1, 0.15) is 12.7 Å². The molecule has 5 heteroatoms.